The normalized spacial score (nSPS) is 17.4. The quantitative estimate of drug-likeness (QED) is 0.712. The predicted octanol–water partition coefficient (Wildman–Crippen LogP) is 2.60. The predicted molar refractivity (Wildman–Crippen MR) is 58.2 cm³/mol. The van der Waals surface area contributed by atoms with Crippen LogP contribution >= 0.6 is 11.3 Å². The molecule has 1 fully saturated rings. The minimum Gasteiger partial charge on any atom is -0.316 e. The van der Waals surface area contributed by atoms with Crippen molar-refractivity contribution in [2.45, 2.75) is 19.3 Å². The maximum atomic E-state index is 3.37. The fourth-order valence-electron chi connectivity index (χ4n) is 1.63. The van der Waals surface area contributed by atoms with Crippen LogP contribution in [0, 0.1) is 0 Å². The number of piperidine rings is 1. The van der Waals surface area contributed by atoms with Gasteiger partial charge in [0.15, 0.2) is 0 Å². The van der Waals surface area contributed by atoms with Crippen LogP contribution in [-0.4, -0.2) is 13.1 Å². The molecule has 0 atom stereocenters. The molecule has 70 valence electrons. The molecule has 1 aromatic rings. The first kappa shape index (κ1) is 8.97. The number of thiophene rings is 1. The van der Waals surface area contributed by atoms with Gasteiger partial charge in [-0.15, -0.1) is 11.3 Å². The monoisotopic (exact) mass is 193 g/mol. The lowest BCUT2D eigenvalue weighted by atomic mass is 10.0. The Kier molecular flexibility index (Phi) is 3.16. The smallest absolute Gasteiger partial charge is 0.00829 e. The maximum absolute atomic E-state index is 3.37. The fraction of sp³-hybridized carbons (Fsp3) is 0.455. The summed E-state index contributed by atoms with van der Waals surface area (Å²) >= 11 is 1.85. The SMILES string of the molecule is C(Cc1cccs1)=C1CCNCC1. The van der Waals surface area contributed by atoms with E-state index in [9.17, 15) is 0 Å². The van der Waals surface area contributed by atoms with Crippen LogP contribution in [0.1, 0.15) is 17.7 Å². The Hall–Kier alpha value is -0.600. The van der Waals surface area contributed by atoms with Gasteiger partial charge in [0.2, 0.25) is 0 Å². The summed E-state index contributed by atoms with van der Waals surface area (Å²) in [5.41, 5.74) is 1.63. The second kappa shape index (κ2) is 4.58. The van der Waals surface area contributed by atoms with E-state index in [1.54, 1.807) is 5.57 Å². The first-order valence-corrected chi connectivity index (χ1v) is 5.74. The van der Waals surface area contributed by atoms with Gasteiger partial charge in [0.05, 0.1) is 0 Å². The molecule has 0 unspecified atom stereocenters. The molecule has 0 spiro atoms. The van der Waals surface area contributed by atoms with E-state index in [-0.39, 0.29) is 0 Å². The van der Waals surface area contributed by atoms with Crippen molar-refractivity contribution in [2.24, 2.45) is 0 Å². The van der Waals surface area contributed by atoms with Crippen molar-refractivity contribution in [2.75, 3.05) is 13.1 Å². The Morgan fingerprint density at radius 1 is 1.38 bits per heavy atom. The van der Waals surface area contributed by atoms with Gasteiger partial charge in [-0.1, -0.05) is 17.7 Å². The molecule has 0 radical (unpaired) electrons. The average molecular weight is 193 g/mol. The Morgan fingerprint density at radius 2 is 2.23 bits per heavy atom. The molecule has 2 heterocycles. The van der Waals surface area contributed by atoms with Crippen molar-refractivity contribution < 1.29 is 0 Å². The third kappa shape index (κ3) is 2.68. The number of allylic oxidation sites excluding steroid dienone is 1. The molecule has 0 aliphatic carbocycles. The summed E-state index contributed by atoms with van der Waals surface area (Å²) in [5, 5.41) is 5.52. The lowest BCUT2D eigenvalue weighted by Gasteiger charge is -2.14. The van der Waals surface area contributed by atoms with Crippen molar-refractivity contribution in [1.29, 1.82) is 0 Å². The highest BCUT2D eigenvalue weighted by atomic mass is 32.1. The van der Waals surface area contributed by atoms with Crippen LogP contribution < -0.4 is 5.32 Å². The molecule has 1 saturated heterocycles. The highest BCUT2D eigenvalue weighted by molar-refractivity contribution is 7.09. The maximum Gasteiger partial charge on any atom is 0.00829 e. The Morgan fingerprint density at radius 3 is 2.92 bits per heavy atom. The number of hydrogen-bond acceptors (Lipinski definition) is 2. The molecule has 0 saturated carbocycles. The van der Waals surface area contributed by atoms with Gasteiger partial charge < -0.3 is 5.32 Å². The van der Waals surface area contributed by atoms with Crippen LogP contribution in [0.3, 0.4) is 0 Å². The first-order chi connectivity index (χ1) is 6.45. The van der Waals surface area contributed by atoms with E-state index in [4.69, 9.17) is 0 Å². The lowest BCUT2D eigenvalue weighted by molar-refractivity contribution is 0.608. The third-order valence-electron chi connectivity index (χ3n) is 2.42. The van der Waals surface area contributed by atoms with Gasteiger partial charge in [-0.05, 0) is 43.8 Å². The molecule has 13 heavy (non-hydrogen) atoms. The summed E-state index contributed by atoms with van der Waals surface area (Å²) in [4.78, 5) is 1.48. The summed E-state index contributed by atoms with van der Waals surface area (Å²) in [6.07, 6.45) is 6.02. The van der Waals surface area contributed by atoms with E-state index in [2.05, 4.69) is 28.9 Å². The van der Waals surface area contributed by atoms with Crippen LogP contribution in [0.25, 0.3) is 0 Å². The Bertz CT molecular complexity index is 266. The third-order valence-corrected chi connectivity index (χ3v) is 3.32. The van der Waals surface area contributed by atoms with Crippen LogP contribution in [0.5, 0.6) is 0 Å². The molecule has 2 heteroatoms. The Balaban J connectivity index is 1.89. The van der Waals surface area contributed by atoms with Gasteiger partial charge in [0, 0.05) is 4.88 Å². The minimum absolute atomic E-state index is 1.13. The summed E-state index contributed by atoms with van der Waals surface area (Å²) in [7, 11) is 0. The van der Waals surface area contributed by atoms with Gasteiger partial charge >= 0.3 is 0 Å². The van der Waals surface area contributed by atoms with Crippen molar-refractivity contribution in [3.05, 3.63) is 34.0 Å². The van der Waals surface area contributed by atoms with Gasteiger partial charge in [-0.3, -0.25) is 0 Å². The molecule has 1 N–H and O–H groups in total. The second-order valence-corrected chi connectivity index (χ2v) is 4.43. The number of hydrogen-bond donors (Lipinski definition) is 1. The standard InChI is InChI=1S/C11H15NS/c1-2-11(13-9-1)4-3-10-5-7-12-8-6-10/h1-3,9,12H,4-8H2. The fourth-order valence-corrected chi connectivity index (χ4v) is 2.29. The van der Waals surface area contributed by atoms with E-state index in [1.165, 1.54) is 17.7 Å². The summed E-state index contributed by atoms with van der Waals surface area (Å²) in [6, 6.07) is 4.34. The summed E-state index contributed by atoms with van der Waals surface area (Å²) in [6.45, 7) is 2.33. The van der Waals surface area contributed by atoms with E-state index < -0.39 is 0 Å². The summed E-state index contributed by atoms with van der Waals surface area (Å²) < 4.78 is 0. The first-order valence-electron chi connectivity index (χ1n) is 4.86. The van der Waals surface area contributed by atoms with E-state index in [1.807, 2.05) is 11.3 Å². The van der Waals surface area contributed by atoms with Crippen molar-refractivity contribution in [3.8, 4) is 0 Å². The van der Waals surface area contributed by atoms with E-state index >= 15 is 0 Å². The van der Waals surface area contributed by atoms with Gasteiger partial charge in [0.25, 0.3) is 0 Å². The minimum atomic E-state index is 1.13. The van der Waals surface area contributed by atoms with Gasteiger partial charge in [-0.2, -0.15) is 0 Å². The zero-order valence-corrected chi connectivity index (χ0v) is 8.57. The van der Waals surface area contributed by atoms with Crippen LogP contribution in [-0.2, 0) is 6.42 Å². The lowest BCUT2D eigenvalue weighted by Crippen LogP contribution is -2.23. The molecule has 0 bridgehead atoms. The summed E-state index contributed by atoms with van der Waals surface area (Å²) in [5.74, 6) is 0. The van der Waals surface area contributed by atoms with E-state index in [0.717, 1.165) is 19.5 Å². The molecular weight excluding hydrogens is 178 g/mol. The average Bonchev–Trinajstić information content (AvgIpc) is 2.69. The highest BCUT2D eigenvalue weighted by Gasteiger charge is 2.03. The largest absolute Gasteiger partial charge is 0.316 e. The number of rotatable bonds is 2. The zero-order chi connectivity index (χ0) is 8.93. The molecule has 1 aliphatic heterocycles. The van der Waals surface area contributed by atoms with E-state index in [0.29, 0.717) is 0 Å². The van der Waals surface area contributed by atoms with Crippen LogP contribution in [0.15, 0.2) is 29.2 Å². The molecule has 0 amide bonds. The zero-order valence-electron chi connectivity index (χ0n) is 7.75. The molecule has 0 aromatic carbocycles. The molecule has 1 aromatic heterocycles. The Labute approximate surface area is 83.5 Å². The van der Waals surface area contributed by atoms with Crippen molar-refractivity contribution in [1.82, 2.24) is 5.32 Å². The molecule has 1 aliphatic rings. The molecular formula is C11H15NS. The highest BCUT2D eigenvalue weighted by Crippen LogP contribution is 2.14. The van der Waals surface area contributed by atoms with Crippen molar-refractivity contribution >= 4 is 11.3 Å². The second-order valence-electron chi connectivity index (χ2n) is 3.40. The molecule has 1 nitrogen and oxygen atoms in total. The van der Waals surface area contributed by atoms with Gasteiger partial charge in [0.1, 0.15) is 0 Å². The van der Waals surface area contributed by atoms with Crippen molar-refractivity contribution in [3.63, 3.8) is 0 Å². The van der Waals surface area contributed by atoms with Crippen LogP contribution in [0.4, 0.5) is 0 Å². The topological polar surface area (TPSA) is 12.0 Å². The number of nitrogens with one attached hydrogen (secondary N) is 1. The van der Waals surface area contributed by atoms with Gasteiger partial charge in [-0.25, -0.2) is 0 Å². The van der Waals surface area contributed by atoms with Crippen LogP contribution in [0.2, 0.25) is 0 Å². The molecule has 2 rings (SSSR count).